The van der Waals surface area contributed by atoms with E-state index in [1.54, 1.807) is 6.26 Å². The number of Topliss-reactive ketones (excluding diaryl/α,β-unsaturated/α-hetero) is 1. The molecule has 3 heteroatoms. The molecule has 0 unspecified atom stereocenters. The second-order valence-corrected chi connectivity index (χ2v) is 5.90. The van der Waals surface area contributed by atoms with Crippen molar-refractivity contribution in [1.29, 1.82) is 0 Å². The van der Waals surface area contributed by atoms with E-state index in [2.05, 4.69) is 0 Å². The molecule has 90 valence electrons. The highest BCUT2D eigenvalue weighted by atomic mass is 32.2. The maximum Gasteiger partial charge on any atom is 0.171 e. The zero-order chi connectivity index (χ0) is 11.2. The van der Waals surface area contributed by atoms with Crippen LogP contribution in [0.4, 0.5) is 0 Å². The van der Waals surface area contributed by atoms with E-state index in [0.29, 0.717) is 5.75 Å². The van der Waals surface area contributed by atoms with Crippen LogP contribution in [0, 0.1) is 0 Å². The summed E-state index contributed by atoms with van der Waals surface area (Å²) in [7, 11) is 0. The predicted octanol–water partition coefficient (Wildman–Crippen LogP) is 3.32. The summed E-state index contributed by atoms with van der Waals surface area (Å²) < 4.78 is 5.20. The molecule has 0 atom stereocenters. The number of carbonyl (C=O) groups excluding carboxylic acids is 1. The lowest BCUT2D eigenvalue weighted by Crippen LogP contribution is -2.15. The smallest absolute Gasteiger partial charge is 0.171 e. The maximum absolute atomic E-state index is 11.9. The summed E-state index contributed by atoms with van der Waals surface area (Å²) in [6.45, 7) is 0.770. The number of ketones is 1. The van der Waals surface area contributed by atoms with Gasteiger partial charge in [-0.3, -0.25) is 4.79 Å². The average molecular weight is 240 g/mol. The molecule has 0 bridgehead atoms. The molecular formula is C13H20O2S. The van der Waals surface area contributed by atoms with Crippen molar-refractivity contribution >= 4 is 17.5 Å². The highest BCUT2D eigenvalue weighted by Gasteiger charge is 2.18. The largest absolute Gasteiger partial charge is 0.501 e. The summed E-state index contributed by atoms with van der Waals surface area (Å²) in [5, 5.41) is 0.725. The van der Waals surface area contributed by atoms with E-state index in [0.717, 1.165) is 30.3 Å². The molecule has 0 aromatic carbocycles. The van der Waals surface area contributed by atoms with Crippen LogP contribution in [0.25, 0.3) is 0 Å². The van der Waals surface area contributed by atoms with Crippen LogP contribution < -0.4 is 0 Å². The summed E-state index contributed by atoms with van der Waals surface area (Å²) in [6, 6.07) is 0. The first-order chi connectivity index (χ1) is 7.86. The number of hydrogen-bond acceptors (Lipinski definition) is 3. The summed E-state index contributed by atoms with van der Waals surface area (Å²) >= 11 is 1.85. The predicted molar refractivity (Wildman–Crippen MR) is 67.6 cm³/mol. The van der Waals surface area contributed by atoms with Gasteiger partial charge in [0.25, 0.3) is 0 Å². The lowest BCUT2D eigenvalue weighted by atomic mass is 10.0. The number of rotatable bonds is 4. The van der Waals surface area contributed by atoms with Crippen LogP contribution in [0.3, 0.4) is 0 Å². The molecule has 1 saturated carbocycles. The summed E-state index contributed by atoms with van der Waals surface area (Å²) in [5.74, 6) is 0.940. The van der Waals surface area contributed by atoms with Crippen LogP contribution >= 0.6 is 11.8 Å². The van der Waals surface area contributed by atoms with Gasteiger partial charge in [0.1, 0.15) is 0 Å². The van der Waals surface area contributed by atoms with Crippen molar-refractivity contribution in [2.24, 2.45) is 0 Å². The van der Waals surface area contributed by atoms with Crippen LogP contribution in [0.2, 0.25) is 0 Å². The molecule has 0 spiro atoms. The molecule has 0 amide bonds. The van der Waals surface area contributed by atoms with Gasteiger partial charge < -0.3 is 4.74 Å². The van der Waals surface area contributed by atoms with Crippen molar-refractivity contribution in [3.63, 3.8) is 0 Å². The first kappa shape index (κ1) is 12.0. The number of hydrogen-bond donors (Lipinski definition) is 0. The molecule has 0 radical (unpaired) electrons. The topological polar surface area (TPSA) is 26.3 Å². The molecule has 0 aromatic heterocycles. The molecular weight excluding hydrogens is 220 g/mol. The molecule has 0 N–H and O–H groups in total. The average Bonchev–Trinajstić information content (AvgIpc) is 2.38. The van der Waals surface area contributed by atoms with Crippen molar-refractivity contribution in [3.8, 4) is 0 Å². The lowest BCUT2D eigenvalue weighted by Gasteiger charge is -2.21. The van der Waals surface area contributed by atoms with Crippen molar-refractivity contribution in [2.75, 3.05) is 12.4 Å². The summed E-state index contributed by atoms with van der Waals surface area (Å²) in [4.78, 5) is 11.9. The summed E-state index contributed by atoms with van der Waals surface area (Å²) in [6.07, 6.45) is 10.2. The second-order valence-electron chi connectivity index (χ2n) is 4.61. The minimum atomic E-state index is 0.287. The summed E-state index contributed by atoms with van der Waals surface area (Å²) in [5.41, 5.74) is 0.898. The van der Waals surface area contributed by atoms with Gasteiger partial charge in [-0.15, -0.1) is 0 Å². The van der Waals surface area contributed by atoms with E-state index in [9.17, 15) is 4.79 Å². The first-order valence-electron chi connectivity index (χ1n) is 6.32. The normalized spacial score (nSPS) is 22.4. The Balaban J connectivity index is 1.72. The molecule has 16 heavy (non-hydrogen) atoms. The van der Waals surface area contributed by atoms with E-state index in [1.165, 1.54) is 32.1 Å². The number of thioether (sulfide) groups is 1. The molecule has 2 aliphatic rings. The van der Waals surface area contributed by atoms with E-state index < -0.39 is 0 Å². The third-order valence-corrected chi connectivity index (χ3v) is 4.67. The fourth-order valence-corrected chi connectivity index (χ4v) is 3.53. The standard InChI is InChI=1S/C13H20O2S/c14-13(11-5-4-8-15-9-11)10-16-12-6-2-1-3-7-12/h9,12H,1-8,10H2. The van der Waals surface area contributed by atoms with Gasteiger partial charge in [0.05, 0.1) is 18.6 Å². The van der Waals surface area contributed by atoms with Gasteiger partial charge in [0.15, 0.2) is 5.78 Å². The minimum Gasteiger partial charge on any atom is -0.501 e. The Bertz CT molecular complexity index is 267. The zero-order valence-corrected chi connectivity index (χ0v) is 10.6. The number of ether oxygens (including phenoxy) is 1. The molecule has 2 rings (SSSR count). The Morgan fingerprint density at radius 2 is 2.12 bits per heavy atom. The Kier molecular flexibility index (Phi) is 4.76. The number of allylic oxidation sites excluding steroid dienone is 1. The van der Waals surface area contributed by atoms with Crippen molar-refractivity contribution in [2.45, 2.75) is 50.2 Å². The van der Waals surface area contributed by atoms with Crippen LogP contribution in [-0.4, -0.2) is 23.4 Å². The van der Waals surface area contributed by atoms with Crippen LogP contribution in [0.15, 0.2) is 11.8 Å². The quantitative estimate of drug-likeness (QED) is 0.754. The van der Waals surface area contributed by atoms with Crippen LogP contribution in [0.5, 0.6) is 0 Å². The molecule has 1 heterocycles. The Labute approximate surface area is 102 Å². The Morgan fingerprint density at radius 1 is 1.31 bits per heavy atom. The fraction of sp³-hybridized carbons (Fsp3) is 0.769. The van der Waals surface area contributed by atoms with E-state index >= 15 is 0 Å². The van der Waals surface area contributed by atoms with Crippen LogP contribution in [-0.2, 0) is 9.53 Å². The van der Waals surface area contributed by atoms with Gasteiger partial charge in [0, 0.05) is 10.8 Å². The SMILES string of the molecule is O=C(CSC1CCCCC1)C1=COCCC1. The molecule has 1 fully saturated rings. The fourth-order valence-electron chi connectivity index (χ4n) is 2.29. The highest BCUT2D eigenvalue weighted by Crippen LogP contribution is 2.29. The van der Waals surface area contributed by atoms with Crippen molar-refractivity contribution in [3.05, 3.63) is 11.8 Å². The van der Waals surface area contributed by atoms with Gasteiger partial charge in [-0.1, -0.05) is 19.3 Å². The van der Waals surface area contributed by atoms with Crippen molar-refractivity contribution in [1.82, 2.24) is 0 Å². The third-order valence-electron chi connectivity index (χ3n) is 3.29. The third kappa shape index (κ3) is 3.55. The van der Waals surface area contributed by atoms with Gasteiger partial charge in [-0.05, 0) is 25.7 Å². The van der Waals surface area contributed by atoms with E-state index in [1.807, 2.05) is 11.8 Å². The highest BCUT2D eigenvalue weighted by molar-refractivity contribution is 8.00. The van der Waals surface area contributed by atoms with E-state index in [4.69, 9.17) is 4.74 Å². The lowest BCUT2D eigenvalue weighted by molar-refractivity contribution is -0.113. The molecule has 2 nitrogen and oxygen atoms in total. The monoisotopic (exact) mass is 240 g/mol. The zero-order valence-electron chi connectivity index (χ0n) is 9.74. The van der Waals surface area contributed by atoms with Gasteiger partial charge in [0.2, 0.25) is 0 Å². The molecule has 1 aliphatic carbocycles. The van der Waals surface area contributed by atoms with Crippen LogP contribution in [0.1, 0.15) is 44.9 Å². The Hall–Kier alpha value is -0.440. The molecule has 0 aromatic rings. The Morgan fingerprint density at radius 3 is 2.81 bits per heavy atom. The van der Waals surface area contributed by atoms with Gasteiger partial charge in [-0.25, -0.2) is 0 Å². The molecule has 0 saturated heterocycles. The van der Waals surface area contributed by atoms with Gasteiger partial charge in [-0.2, -0.15) is 11.8 Å². The van der Waals surface area contributed by atoms with E-state index in [-0.39, 0.29) is 5.78 Å². The maximum atomic E-state index is 11.9. The van der Waals surface area contributed by atoms with Gasteiger partial charge >= 0.3 is 0 Å². The minimum absolute atomic E-state index is 0.287. The van der Waals surface area contributed by atoms with Crippen molar-refractivity contribution < 1.29 is 9.53 Å². The first-order valence-corrected chi connectivity index (χ1v) is 7.36. The number of carbonyl (C=O) groups is 1. The second kappa shape index (κ2) is 6.33. The molecule has 1 aliphatic heterocycles.